The van der Waals surface area contributed by atoms with Crippen molar-refractivity contribution in [3.8, 4) is 5.69 Å². The number of aryl methyl sites for hydroxylation is 1. The fourth-order valence-electron chi connectivity index (χ4n) is 2.18. The Bertz CT molecular complexity index is 1000. The van der Waals surface area contributed by atoms with E-state index in [1.165, 1.54) is 28.9 Å². The van der Waals surface area contributed by atoms with Crippen molar-refractivity contribution in [1.29, 1.82) is 0 Å². The van der Waals surface area contributed by atoms with E-state index >= 15 is 0 Å². The van der Waals surface area contributed by atoms with Crippen molar-refractivity contribution in [3.63, 3.8) is 0 Å². The lowest BCUT2D eigenvalue weighted by Crippen LogP contribution is -2.13. The van der Waals surface area contributed by atoms with E-state index in [4.69, 9.17) is 11.6 Å². The van der Waals surface area contributed by atoms with Gasteiger partial charge in [0.25, 0.3) is 11.2 Å². The van der Waals surface area contributed by atoms with Crippen molar-refractivity contribution in [3.05, 3.63) is 79.7 Å². The van der Waals surface area contributed by atoms with Crippen LogP contribution in [0, 0.1) is 17.0 Å². The van der Waals surface area contributed by atoms with E-state index in [0.717, 1.165) is 0 Å². The van der Waals surface area contributed by atoms with E-state index in [1.807, 2.05) is 0 Å². The number of hydrogen-bond donors (Lipinski definition) is 1. The number of H-pyrrole nitrogens is 1. The second kappa shape index (κ2) is 6.70. The van der Waals surface area contributed by atoms with E-state index in [9.17, 15) is 14.9 Å². The van der Waals surface area contributed by atoms with Crippen LogP contribution in [0.15, 0.2) is 63.6 Å². The number of benzene rings is 2. The zero-order valence-electron chi connectivity index (χ0n) is 13.0. The van der Waals surface area contributed by atoms with E-state index < -0.39 is 10.5 Å². The summed E-state index contributed by atoms with van der Waals surface area (Å²) in [6, 6.07) is 12.3. The van der Waals surface area contributed by atoms with E-state index in [1.54, 1.807) is 31.2 Å². The standard InChI is InChI=1S/C16H12ClN5O3/c1-10-15(19-18-12-4-2-11(17)3-5-12)16(23)21(20-10)13-6-8-14(9-7-13)22(24)25/h2-9,20H,1H3. The topological polar surface area (TPSA) is 106 Å². The molecule has 0 spiro atoms. The molecule has 1 heterocycles. The van der Waals surface area contributed by atoms with Crippen LogP contribution in [0.4, 0.5) is 17.1 Å². The van der Waals surface area contributed by atoms with Gasteiger partial charge in [0, 0.05) is 17.2 Å². The molecule has 0 saturated heterocycles. The Morgan fingerprint density at radius 2 is 1.72 bits per heavy atom. The average molecular weight is 358 g/mol. The number of aromatic nitrogens is 2. The summed E-state index contributed by atoms with van der Waals surface area (Å²) in [4.78, 5) is 22.7. The highest BCUT2D eigenvalue weighted by molar-refractivity contribution is 6.30. The summed E-state index contributed by atoms with van der Waals surface area (Å²) in [6.07, 6.45) is 0. The monoisotopic (exact) mass is 357 g/mol. The highest BCUT2D eigenvalue weighted by atomic mass is 35.5. The number of hydrogen-bond acceptors (Lipinski definition) is 5. The molecule has 3 aromatic rings. The predicted octanol–water partition coefficient (Wildman–Crippen LogP) is 4.45. The van der Waals surface area contributed by atoms with Crippen molar-refractivity contribution in [2.75, 3.05) is 0 Å². The third-order valence-electron chi connectivity index (χ3n) is 3.45. The molecule has 126 valence electrons. The second-order valence-corrected chi connectivity index (χ2v) is 5.61. The molecule has 1 aromatic heterocycles. The molecule has 0 amide bonds. The molecule has 3 rings (SSSR count). The molecule has 0 atom stereocenters. The largest absolute Gasteiger partial charge is 0.299 e. The molecule has 0 aliphatic rings. The van der Waals surface area contributed by atoms with Gasteiger partial charge in [0.1, 0.15) is 0 Å². The van der Waals surface area contributed by atoms with Gasteiger partial charge in [0.15, 0.2) is 5.69 Å². The van der Waals surface area contributed by atoms with Crippen molar-refractivity contribution in [1.82, 2.24) is 9.78 Å². The van der Waals surface area contributed by atoms with Gasteiger partial charge >= 0.3 is 0 Å². The predicted molar refractivity (Wildman–Crippen MR) is 93.4 cm³/mol. The van der Waals surface area contributed by atoms with Crippen LogP contribution in [0.3, 0.4) is 0 Å². The van der Waals surface area contributed by atoms with Gasteiger partial charge in [0.05, 0.1) is 22.0 Å². The third kappa shape index (κ3) is 3.48. The Morgan fingerprint density at radius 1 is 1.08 bits per heavy atom. The van der Waals surface area contributed by atoms with Crippen molar-refractivity contribution < 1.29 is 4.92 Å². The molecule has 25 heavy (non-hydrogen) atoms. The highest BCUT2D eigenvalue weighted by Gasteiger charge is 2.13. The Kier molecular flexibility index (Phi) is 4.44. The van der Waals surface area contributed by atoms with Crippen LogP contribution in [-0.2, 0) is 0 Å². The maximum atomic E-state index is 12.5. The summed E-state index contributed by atoms with van der Waals surface area (Å²) in [5.41, 5.74) is 1.26. The maximum Gasteiger partial charge on any atom is 0.299 e. The van der Waals surface area contributed by atoms with Crippen LogP contribution >= 0.6 is 11.6 Å². The smallest absolute Gasteiger partial charge is 0.293 e. The molecule has 0 fully saturated rings. The summed E-state index contributed by atoms with van der Waals surface area (Å²) in [5.74, 6) is 0. The molecule has 0 saturated carbocycles. The number of rotatable bonds is 4. The normalized spacial score (nSPS) is 11.1. The third-order valence-corrected chi connectivity index (χ3v) is 3.70. The molecule has 0 aliphatic heterocycles. The number of azo groups is 1. The van der Waals surface area contributed by atoms with Gasteiger partial charge in [-0.3, -0.25) is 20.0 Å². The Hall–Kier alpha value is -3.26. The lowest BCUT2D eigenvalue weighted by molar-refractivity contribution is -0.384. The first-order chi connectivity index (χ1) is 12.0. The van der Waals surface area contributed by atoms with Gasteiger partial charge in [-0.1, -0.05) is 11.6 Å². The average Bonchev–Trinajstić information content (AvgIpc) is 2.89. The molecule has 0 unspecified atom stereocenters. The molecule has 2 aromatic carbocycles. The zero-order chi connectivity index (χ0) is 18.0. The number of non-ortho nitro benzene ring substituents is 1. The number of nitro groups is 1. The van der Waals surface area contributed by atoms with Crippen LogP contribution in [0.1, 0.15) is 5.69 Å². The summed E-state index contributed by atoms with van der Waals surface area (Å²) in [6.45, 7) is 1.69. The maximum absolute atomic E-state index is 12.5. The highest BCUT2D eigenvalue weighted by Crippen LogP contribution is 2.21. The Labute approximate surface area is 146 Å². The first kappa shape index (κ1) is 16.6. The lowest BCUT2D eigenvalue weighted by atomic mass is 10.3. The minimum atomic E-state index is -0.502. The number of nitrogens with zero attached hydrogens (tertiary/aromatic N) is 4. The zero-order valence-corrected chi connectivity index (χ0v) is 13.8. The van der Waals surface area contributed by atoms with Crippen LogP contribution < -0.4 is 5.56 Å². The number of halogens is 1. The Morgan fingerprint density at radius 3 is 2.32 bits per heavy atom. The number of nitrogens with one attached hydrogen (secondary N) is 1. The van der Waals surface area contributed by atoms with Crippen LogP contribution in [0.2, 0.25) is 5.02 Å². The summed E-state index contributed by atoms with van der Waals surface area (Å²) >= 11 is 5.81. The lowest BCUT2D eigenvalue weighted by Gasteiger charge is -2.00. The van der Waals surface area contributed by atoms with Crippen LogP contribution in [0.5, 0.6) is 0 Å². The van der Waals surface area contributed by atoms with Crippen LogP contribution in [-0.4, -0.2) is 14.7 Å². The van der Waals surface area contributed by atoms with Crippen molar-refractivity contribution in [2.24, 2.45) is 10.2 Å². The molecule has 0 aliphatic carbocycles. The molecule has 8 nitrogen and oxygen atoms in total. The number of nitro benzene ring substituents is 1. The van der Waals surface area contributed by atoms with Crippen molar-refractivity contribution in [2.45, 2.75) is 6.92 Å². The summed E-state index contributed by atoms with van der Waals surface area (Å²) in [5, 5.41) is 22.2. The molecule has 0 radical (unpaired) electrons. The van der Waals surface area contributed by atoms with Gasteiger partial charge in [-0.05, 0) is 43.3 Å². The van der Waals surface area contributed by atoms with Gasteiger partial charge in [-0.15, -0.1) is 5.11 Å². The quantitative estimate of drug-likeness (QED) is 0.423. The SMILES string of the molecule is Cc1[nH]n(-c2ccc([N+](=O)[O-])cc2)c(=O)c1N=Nc1ccc(Cl)cc1. The summed E-state index contributed by atoms with van der Waals surface area (Å²) < 4.78 is 1.26. The minimum Gasteiger partial charge on any atom is -0.293 e. The van der Waals surface area contributed by atoms with Gasteiger partial charge < -0.3 is 0 Å². The first-order valence-electron chi connectivity index (χ1n) is 7.19. The minimum absolute atomic E-state index is 0.0530. The molecular weight excluding hydrogens is 346 g/mol. The van der Waals surface area contributed by atoms with E-state index in [2.05, 4.69) is 15.3 Å². The second-order valence-electron chi connectivity index (χ2n) is 5.18. The number of aromatic amines is 1. The summed E-state index contributed by atoms with van der Waals surface area (Å²) in [7, 11) is 0. The van der Waals surface area contributed by atoms with E-state index in [0.29, 0.717) is 22.1 Å². The molecule has 1 N–H and O–H groups in total. The van der Waals surface area contributed by atoms with Gasteiger partial charge in [-0.25, -0.2) is 4.68 Å². The van der Waals surface area contributed by atoms with Crippen LogP contribution in [0.25, 0.3) is 5.69 Å². The fourth-order valence-corrected chi connectivity index (χ4v) is 2.30. The van der Waals surface area contributed by atoms with Gasteiger partial charge in [0.2, 0.25) is 0 Å². The molecule has 9 heteroatoms. The molecule has 0 bridgehead atoms. The fraction of sp³-hybridized carbons (Fsp3) is 0.0625. The van der Waals surface area contributed by atoms with Gasteiger partial charge in [-0.2, -0.15) is 5.11 Å². The van der Waals surface area contributed by atoms with E-state index in [-0.39, 0.29) is 11.4 Å². The Balaban J connectivity index is 1.94. The van der Waals surface area contributed by atoms with Crippen molar-refractivity contribution >= 4 is 28.7 Å². The first-order valence-corrected chi connectivity index (χ1v) is 7.57. The molecular formula is C16H12ClN5O3.